The summed E-state index contributed by atoms with van der Waals surface area (Å²) in [7, 11) is 3.09. The highest BCUT2D eigenvalue weighted by atomic mass is 32.2. The van der Waals surface area contributed by atoms with E-state index in [1.54, 1.807) is 24.0 Å². The molecule has 4 atom stereocenters. The van der Waals surface area contributed by atoms with Crippen LogP contribution in [0, 0.1) is 5.92 Å². The Balaban J connectivity index is 1.95. The van der Waals surface area contributed by atoms with E-state index in [-0.39, 0.29) is 42.5 Å². The Labute approximate surface area is 251 Å². The molecule has 3 rings (SSSR count). The van der Waals surface area contributed by atoms with Crippen molar-refractivity contribution in [3.63, 3.8) is 0 Å². The molecule has 1 aliphatic rings. The molecule has 0 saturated heterocycles. The maximum atomic E-state index is 14.1. The molecule has 2 aromatic carbocycles. The first-order valence-electron chi connectivity index (χ1n) is 14.5. The number of carbonyl (C=O) groups excluding carboxylic acids is 1. The summed E-state index contributed by atoms with van der Waals surface area (Å²) in [6.45, 7) is 6.31. The Morgan fingerprint density at radius 2 is 1.79 bits per heavy atom. The Morgan fingerprint density at radius 1 is 1.10 bits per heavy atom. The number of likely N-dealkylation sites (N-methyl/N-ethyl adjacent to an activating group) is 1. The molecule has 1 heterocycles. The maximum Gasteiger partial charge on any atom is 0.258 e. The molecule has 0 aromatic heterocycles. The predicted molar refractivity (Wildman–Crippen MR) is 164 cm³/mol. The number of aliphatic hydroxyl groups is 1. The first-order chi connectivity index (χ1) is 19.9. The van der Waals surface area contributed by atoms with Gasteiger partial charge in [-0.15, -0.1) is 0 Å². The minimum atomic E-state index is -3.80. The highest BCUT2D eigenvalue weighted by Crippen LogP contribution is 2.29. The Hall–Kier alpha value is -2.86. The molecule has 0 saturated carbocycles. The van der Waals surface area contributed by atoms with Crippen LogP contribution in [0.4, 0.5) is 5.69 Å². The number of rotatable bonds is 8. The normalized spacial score (nSPS) is 21.7. The molecular formula is C31H47N3O7S. The van der Waals surface area contributed by atoms with Crippen LogP contribution in [0.15, 0.2) is 47.4 Å². The fraction of sp³-hybridized carbons (Fsp3) is 0.581. The molecule has 11 heteroatoms. The molecule has 2 aromatic rings. The summed E-state index contributed by atoms with van der Waals surface area (Å²) >= 11 is 0. The standard InChI is InChI=1S/C31H47N3O7S/c1-22-19-34(23(2)21-35)31(36)28-18-25(32(4)5)11-16-29(28)41-24(3)10-8-9-17-40-30(22)20-33(6)42(37,38)27-14-12-26(39-7)13-15-27/h11-16,18,22-24,30,35H,8-10,17,19-21H2,1-7H3/t22-,23-,24-,30-/m1/s1. The van der Waals surface area contributed by atoms with Crippen LogP contribution >= 0.6 is 0 Å². The van der Waals surface area contributed by atoms with E-state index in [2.05, 4.69) is 0 Å². The lowest BCUT2D eigenvalue weighted by Crippen LogP contribution is -2.48. The molecule has 0 fully saturated rings. The lowest BCUT2D eigenvalue weighted by molar-refractivity contribution is -0.00833. The van der Waals surface area contributed by atoms with Gasteiger partial charge in [0.15, 0.2) is 0 Å². The molecule has 1 N–H and O–H groups in total. The summed E-state index contributed by atoms with van der Waals surface area (Å²) in [5, 5.41) is 10.1. The van der Waals surface area contributed by atoms with Crippen molar-refractivity contribution in [1.82, 2.24) is 9.21 Å². The van der Waals surface area contributed by atoms with Crippen molar-refractivity contribution in [2.24, 2.45) is 5.92 Å². The van der Waals surface area contributed by atoms with Crippen LogP contribution in [0.5, 0.6) is 11.5 Å². The van der Waals surface area contributed by atoms with Gasteiger partial charge in [0, 0.05) is 52.4 Å². The van der Waals surface area contributed by atoms with Gasteiger partial charge in [-0.2, -0.15) is 4.31 Å². The first-order valence-corrected chi connectivity index (χ1v) is 15.9. The number of carbonyl (C=O) groups is 1. The van der Waals surface area contributed by atoms with E-state index in [9.17, 15) is 18.3 Å². The first kappa shape index (κ1) is 33.6. The van der Waals surface area contributed by atoms with Gasteiger partial charge in [-0.25, -0.2) is 8.42 Å². The summed E-state index contributed by atoms with van der Waals surface area (Å²) in [5.41, 5.74) is 1.28. The van der Waals surface area contributed by atoms with E-state index in [0.29, 0.717) is 23.7 Å². The van der Waals surface area contributed by atoms with Gasteiger partial charge in [-0.05, 0) is 75.6 Å². The van der Waals surface area contributed by atoms with E-state index in [1.165, 1.54) is 30.6 Å². The van der Waals surface area contributed by atoms with Crippen molar-refractivity contribution in [3.8, 4) is 11.5 Å². The van der Waals surface area contributed by atoms with Gasteiger partial charge in [0.2, 0.25) is 10.0 Å². The summed E-state index contributed by atoms with van der Waals surface area (Å²) in [6, 6.07) is 11.4. The van der Waals surface area contributed by atoms with E-state index >= 15 is 0 Å². The largest absolute Gasteiger partial charge is 0.497 e. The second kappa shape index (κ2) is 15.0. The van der Waals surface area contributed by atoms with Crippen LogP contribution in [-0.4, -0.2) is 101 Å². The molecule has 234 valence electrons. The van der Waals surface area contributed by atoms with Gasteiger partial charge in [-0.1, -0.05) is 6.92 Å². The van der Waals surface area contributed by atoms with Gasteiger partial charge in [-0.3, -0.25) is 4.79 Å². The number of sulfonamides is 1. The monoisotopic (exact) mass is 605 g/mol. The molecule has 0 aliphatic carbocycles. The summed E-state index contributed by atoms with van der Waals surface area (Å²) in [4.78, 5) is 17.8. The van der Waals surface area contributed by atoms with Gasteiger partial charge >= 0.3 is 0 Å². The number of amides is 1. The van der Waals surface area contributed by atoms with E-state index in [4.69, 9.17) is 14.2 Å². The highest BCUT2D eigenvalue weighted by molar-refractivity contribution is 7.89. The Kier molecular flexibility index (Phi) is 12.0. The zero-order chi connectivity index (χ0) is 31.0. The molecule has 10 nitrogen and oxygen atoms in total. The topological polar surface area (TPSA) is 109 Å². The SMILES string of the molecule is COc1ccc(S(=O)(=O)N(C)C[C@H]2OCCCC[C@@H](C)Oc3ccc(N(C)C)cc3C(=O)N([C@H](C)CO)C[C@H]2C)cc1. The van der Waals surface area contributed by atoms with Gasteiger partial charge in [0.25, 0.3) is 5.91 Å². The predicted octanol–water partition coefficient (Wildman–Crippen LogP) is 3.88. The van der Waals surface area contributed by atoms with Gasteiger partial charge in [0.05, 0.1) is 42.4 Å². The second-order valence-electron chi connectivity index (χ2n) is 11.3. The fourth-order valence-electron chi connectivity index (χ4n) is 4.93. The maximum absolute atomic E-state index is 14.1. The van der Waals surface area contributed by atoms with E-state index in [0.717, 1.165) is 24.9 Å². The van der Waals surface area contributed by atoms with Crippen LogP contribution in [0.2, 0.25) is 0 Å². The van der Waals surface area contributed by atoms with E-state index < -0.39 is 22.2 Å². The third-order valence-electron chi connectivity index (χ3n) is 7.76. The number of hydrogen-bond acceptors (Lipinski definition) is 8. The molecule has 0 radical (unpaired) electrons. The molecular weight excluding hydrogens is 558 g/mol. The number of nitrogens with zero attached hydrogens (tertiary/aromatic N) is 3. The Bertz CT molecular complexity index is 1270. The van der Waals surface area contributed by atoms with Crippen LogP contribution < -0.4 is 14.4 Å². The van der Waals surface area contributed by atoms with Crippen molar-refractivity contribution >= 4 is 21.6 Å². The smallest absolute Gasteiger partial charge is 0.258 e. The van der Waals surface area contributed by atoms with Crippen molar-refractivity contribution in [3.05, 3.63) is 48.0 Å². The second-order valence-corrected chi connectivity index (χ2v) is 13.4. The fourth-order valence-corrected chi connectivity index (χ4v) is 6.11. The number of fused-ring (bicyclic) bond motifs is 1. The Morgan fingerprint density at radius 3 is 2.40 bits per heavy atom. The van der Waals surface area contributed by atoms with Crippen molar-refractivity contribution in [2.45, 2.75) is 63.2 Å². The summed E-state index contributed by atoms with van der Waals surface area (Å²) < 4.78 is 45.9. The number of benzene rings is 2. The third-order valence-corrected chi connectivity index (χ3v) is 9.59. The molecule has 0 spiro atoms. The molecule has 42 heavy (non-hydrogen) atoms. The number of ether oxygens (including phenoxy) is 3. The molecule has 0 bridgehead atoms. The third kappa shape index (κ3) is 8.37. The lowest BCUT2D eigenvalue weighted by atomic mass is 10.0. The summed E-state index contributed by atoms with van der Waals surface area (Å²) in [6.07, 6.45) is 1.80. The molecule has 0 unspecified atom stereocenters. The van der Waals surface area contributed by atoms with Crippen LogP contribution in [0.25, 0.3) is 0 Å². The zero-order valence-electron chi connectivity index (χ0n) is 25.9. The van der Waals surface area contributed by atoms with Gasteiger partial charge in [0.1, 0.15) is 11.5 Å². The van der Waals surface area contributed by atoms with Gasteiger partial charge < -0.3 is 29.1 Å². The summed E-state index contributed by atoms with van der Waals surface area (Å²) in [5.74, 6) is 0.571. The van der Waals surface area contributed by atoms with Crippen LogP contribution in [0.3, 0.4) is 0 Å². The minimum Gasteiger partial charge on any atom is -0.497 e. The highest BCUT2D eigenvalue weighted by Gasteiger charge is 2.32. The number of hydrogen-bond donors (Lipinski definition) is 1. The van der Waals surface area contributed by atoms with Crippen LogP contribution in [-0.2, 0) is 14.8 Å². The molecule has 1 amide bonds. The lowest BCUT2D eigenvalue weighted by Gasteiger charge is -2.35. The number of aliphatic hydroxyl groups excluding tert-OH is 1. The average molecular weight is 606 g/mol. The quantitative estimate of drug-likeness (QED) is 0.483. The average Bonchev–Trinajstić information content (AvgIpc) is 2.97. The van der Waals surface area contributed by atoms with Crippen molar-refractivity contribution < 1.29 is 32.5 Å². The van der Waals surface area contributed by atoms with Crippen molar-refractivity contribution in [1.29, 1.82) is 0 Å². The zero-order valence-corrected chi connectivity index (χ0v) is 26.8. The minimum absolute atomic E-state index is 0.103. The number of methoxy groups -OCH3 is 1. The molecule has 1 aliphatic heterocycles. The van der Waals surface area contributed by atoms with E-state index in [1.807, 2.05) is 51.0 Å². The van der Waals surface area contributed by atoms with Crippen LogP contribution in [0.1, 0.15) is 50.4 Å². The van der Waals surface area contributed by atoms with Crippen molar-refractivity contribution in [2.75, 3.05) is 59.5 Å². The number of anilines is 1.